The van der Waals surface area contributed by atoms with Gasteiger partial charge < -0.3 is 10.1 Å². The molecule has 1 N–H and O–H groups in total. The third-order valence-electron chi connectivity index (χ3n) is 1.51. The minimum atomic E-state index is -0.468. The van der Waals surface area contributed by atoms with Gasteiger partial charge in [-0.1, -0.05) is 0 Å². The van der Waals surface area contributed by atoms with Crippen molar-refractivity contribution in [2.24, 2.45) is 0 Å². The molecule has 0 aromatic carbocycles. The van der Waals surface area contributed by atoms with Gasteiger partial charge in [0, 0.05) is 13.0 Å². The Balaban J connectivity index is 2.53. The summed E-state index contributed by atoms with van der Waals surface area (Å²) < 4.78 is 17.4. The lowest BCUT2D eigenvalue weighted by molar-refractivity contribution is 0.191. The summed E-state index contributed by atoms with van der Waals surface area (Å²) in [5.74, 6) is 0.244. The average molecular weight is 220 g/mol. The fourth-order valence-corrected chi connectivity index (χ4v) is 1.06. The smallest absolute Gasteiger partial charge is 0.223 e. The predicted octanol–water partition coefficient (Wildman–Crippen LogP) is 1.28. The van der Waals surface area contributed by atoms with Gasteiger partial charge in [0.05, 0.1) is 25.0 Å². The highest BCUT2D eigenvalue weighted by atomic mass is 35.5. The molecule has 0 fully saturated rings. The number of anilines is 1. The predicted molar refractivity (Wildman–Crippen MR) is 52.0 cm³/mol. The topological polar surface area (TPSA) is 47.0 Å². The zero-order valence-electron chi connectivity index (χ0n) is 7.70. The van der Waals surface area contributed by atoms with Crippen LogP contribution in [-0.2, 0) is 4.74 Å². The number of aromatic nitrogens is 2. The van der Waals surface area contributed by atoms with Crippen molar-refractivity contribution in [2.75, 3.05) is 24.9 Å². The van der Waals surface area contributed by atoms with Crippen molar-refractivity contribution in [3.63, 3.8) is 0 Å². The minimum Gasteiger partial charge on any atom is -0.383 e. The van der Waals surface area contributed by atoms with Crippen LogP contribution in [0, 0.1) is 5.82 Å². The van der Waals surface area contributed by atoms with Gasteiger partial charge in [-0.3, -0.25) is 0 Å². The molecule has 1 atom stereocenters. The van der Waals surface area contributed by atoms with Crippen molar-refractivity contribution in [3.8, 4) is 0 Å². The maximum atomic E-state index is 12.5. The number of methoxy groups -OCH3 is 1. The van der Waals surface area contributed by atoms with Crippen LogP contribution in [0.4, 0.5) is 10.3 Å². The lowest BCUT2D eigenvalue weighted by Gasteiger charge is -2.14. The Morgan fingerprint density at radius 1 is 1.57 bits per heavy atom. The van der Waals surface area contributed by atoms with Crippen molar-refractivity contribution in [2.45, 2.75) is 6.04 Å². The molecule has 1 unspecified atom stereocenters. The number of nitrogens with one attached hydrogen (secondary N) is 1. The summed E-state index contributed by atoms with van der Waals surface area (Å²) in [6.45, 7) is 0.449. The second-order valence-corrected chi connectivity index (χ2v) is 2.98. The van der Waals surface area contributed by atoms with Crippen LogP contribution in [0.25, 0.3) is 0 Å². The van der Waals surface area contributed by atoms with E-state index < -0.39 is 5.82 Å². The quantitative estimate of drug-likeness (QED) is 0.758. The highest BCUT2D eigenvalue weighted by Gasteiger charge is 2.07. The molecule has 78 valence electrons. The summed E-state index contributed by atoms with van der Waals surface area (Å²) in [4.78, 5) is 7.47. The zero-order valence-corrected chi connectivity index (χ0v) is 8.46. The fourth-order valence-electron chi connectivity index (χ4n) is 0.895. The van der Waals surface area contributed by atoms with Crippen LogP contribution in [0.1, 0.15) is 0 Å². The first kappa shape index (κ1) is 11.1. The molecule has 1 rings (SSSR count). The van der Waals surface area contributed by atoms with Gasteiger partial charge in [0.1, 0.15) is 0 Å². The molecular weight excluding hydrogens is 209 g/mol. The summed E-state index contributed by atoms with van der Waals surface area (Å²) in [7, 11) is 1.58. The molecule has 0 aliphatic carbocycles. The van der Waals surface area contributed by atoms with E-state index in [2.05, 4.69) is 15.3 Å². The molecule has 4 nitrogen and oxygen atoms in total. The standard InChI is InChI=1S/C8H11ClFN3O/c1-14-5-7(2-9)13-8-11-3-6(10)4-12-8/h3-4,7H,2,5H2,1H3,(H,11,12,13). The lowest BCUT2D eigenvalue weighted by Crippen LogP contribution is -2.27. The Morgan fingerprint density at radius 2 is 2.21 bits per heavy atom. The number of nitrogens with zero attached hydrogens (tertiary/aromatic N) is 2. The van der Waals surface area contributed by atoms with E-state index in [1.54, 1.807) is 7.11 Å². The first-order chi connectivity index (χ1) is 6.76. The highest BCUT2D eigenvalue weighted by molar-refractivity contribution is 6.18. The van der Waals surface area contributed by atoms with Gasteiger partial charge in [0.25, 0.3) is 0 Å². The molecule has 6 heteroatoms. The average Bonchev–Trinajstić information content (AvgIpc) is 2.20. The molecule has 14 heavy (non-hydrogen) atoms. The van der Waals surface area contributed by atoms with Gasteiger partial charge in [-0.25, -0.2) is 14.4 Å². The van der Waals surface area contributed by atoms with E-state index in [1.807, 2.05) is 0 Å². The van der Waals surface area contributed by atoms with Crippen molar-refractivity contribution in [1.29, 1.82) is 0 Å². The van der Waals surface area contributed by atoms with Crippen molar-refractivity contribution >= 4 is 17.5 Å². The largest absolute Gasteiger partial charge is 0.383 e. The molecular formula is C8H11ClFN3O. The van der Waals surface area contributed by atoms with Gasteiger partial charge in [-0.2, -0.15) is 0 Å². The second-order valence-electron chi connectivity index (χ2n) is 2.68. The van der Waals surface area contributed by atoms with E-state index in [0.29, 0.717) is 18.4 Å². The lowest BCUT2D eigenvalue weighted by atomic mass is 10.4. The monoisotopic (exact) mass is 219 g/mol. The zero-order chi connectivity index (χ0) is 10.4. The van der Waals surface area contributed by atoms with Gasteiger partial charge in [0.15, 0.2) is 5.82 Å². The molecule has 1 aromatic rings. The first-order valence-corrected chi connectivity index (χ1v) is 4.58. The Labute approximate surface area is 86.5 Å². The van der Waals surface area contributed by atoms with Crippen LogP contribution in [0.15, 0.2) is 12.4 Å². The van der Waals surface area contributed by atoms with Crippen LogP contribution in [0.5, 0.6) is 0 Å². The van der Waals surface area contributed by atoms with E-state index in [4.69, 9.17) is 16.3 Å². The molecule has 0 bridgehead atoms. The molecule has 0 saturated carbocycles. The number of rotatable bonds is 5. The third-order valence-corrected chi connectivity index (χ3v) is 1.88. The number of ether oxygens (including phenoxy) is 1. The van der Waals surface area contributed by atoms with Gasteiger partial charge in [0.2, 0.25) is 5.95 Å². The molecule has 0 radical (unpaired) electrons. The number of hydrogen-bond acceptors (Lipinski definition) is 4. The number of hydrogen-bond donors (Lipinski definition) is 1. The maximum Gasteiger partial charge on any atom is 0.223 e. The SMILES string of the molecule is COCC(CCl)Nc1ncc(F)cn1. The molecule has 1 aromatic heterocycles. The summed E-state index contributed by atoms with van der Waals surface area (Å²) in [6.07, 6.45) is 2.18. The van der Waals surface area contributed by atoms with E-state index in [0.717, 1.165) is 12.4 Å². The maximum absolute atomic E-state index is 12.5. The van der Waals surface area contributed by atoms with E-state index >= 15 is 0 Å². The van der Waals surface area contributed by atoms with Gasteiger partial charge in [-0.15, -0.1) is 11.6 Å². The normalized spacial score (nSPS) is 12.5. The molecule has 1 heterocycles. The van der Waals surface area contributed by atoms with Crippen molar-refractivity contribution in [3.05, 3.63) is 18.2 Å². The van der Waals surface area contributed by atoms with E-state index in [9.17, 15) is 4.39 Å². The molecule has 0 aliphatic rings. The molecule has 0 spiro atoms. The molecule has 0 amide bonds. The van der Waals surface area contributed by atoms with Crippen LogP contribution >= 0.6 is 11.6 Å². The number of halogens is 2. The van der Waals surface area contributed by atoms with Crippen molar-refractivity contribution in [1.82, 2.24) is 9.97 Å². The Morgan fingerprint density at radius 3 is 2.71 bits per heavy atom. The van der Waals surface area contributed by atoms with Gasteiger partial charge >= 0.3 is 0 Å². The Hall–Kier alpha value is -0.940. The first-order valence-electron chi connectivity index (χ1n) is 4.05. The third kappa shape index (κ3) is 3.43. The highest BCUT2D eigenvalue weighted by Crippen LogP contribution is 2.02. The van der Waals surface area contributed by atoms with Crippen LogP contribution < -0.4 is 5.32 Å². The summed E-state index contributed by atoms with van der Waals surface area (Å²) in [5.41, 5.74) is 0. The fraction of sp³-hybridized carbons (Fsp3) is 0.500. The summed E-state index contributed by atoms with van der Waals surface area (Å²) >= 11 is 5.66. The van der Waals surface area contributed by atoms with E-state index in [-0.39, 0.29) is 6.04 Å². The Bertz CT molecular complexity index is 270. The minimum absolute atomic E-state index is 0.0767. The van der Waals surface area contributed by atoms with Crippen LogP contribution in [-0.4, -0.2) is 35.6 Å². The van der Waals surface area contributed by atoms with E-state index in [1.165, 1.54) is 0 Å². The van der Waals surface area contributed by atoms with Crippen LogP contribution in [0.3, 0.4) is 0 Å². The number of alkyl halides is 1. The summed E-state index contributed by atoms with van der Waals surface area (Å²) in [6, 6.07) is -0.0767. The molecule has 0 saturated heterocycles. The van der Waals surface area contributed by atoms with Crippen molar-refractivity contribution < 1.29 is 9.13 Å². The molecule has 0 aliphatic heterocycles. The second kappa shape index (κ2) is 5.72. The van der Waals surface area contributed by atoms with Gasteiger partial charge in [-0.05, 0) is 0 Å². The Kier molecular flexibility index (Phi) is 4.55. The summed E-state index contributed by atoms with van der Waals surface area (Å²) in [5, 5.41) is 2.91. The van der Waals surface area contributed by atoms with Crippen LogP contribution in [0.2, 0.25) is 0 Å².